The van der Waals surface area contributed by atoms with Crippen LogP contribution >= 0.6 is 0 Å². The first-order valence-corrected chi connectivity index (χ1v) is 8.23. The highest BCUT2D eigenvalue weighted by atomic mass is 16.5. The molecule has 0 saturated heterocycles. The molecule has 1 saturated carbocycles. The van der Waals surface area contributed by atoms with Crippen molar-refractivity contribution >= 4 is 0 Å². The van der Waals surface area contributed by atoms with Gasteiger partial charge in [0.15, 0.2) is 0 Å². The Kier molecular flexibility index (Phi) is 5.65. The van der Waals surface area contributed by atoms with Crippen molar-refractivity contribution in [2.45, 2.75) is 57.5 Å². The van der Waals surface area contributed by atoms with E-state index in [-0.39, 0.29) is 5.54 Å². The Labute approximate surface area is 129 Å². The lowest BCUT2D eigenvalue weighted by atomic mass is 9.89. The standard InChI is InChI=1S/C18H30N2O/c1-4-5-12-20(16-10-11-16)18(2,14-19)13-15-8-6-7-9-17(15)21-3/h6-9,16H,4-5,10-14,19H2,1-3H3. The van der Waals surface area contributed by atoms with Crippen molar-refractivity contribution in [2.24, 2.45) is 5.73 Å². The zero-order valence-corrected chi connectivity index (χ0v) is 13.8. The predicted molar refractivity (Wildman–Crippen MR) is 88.8 cm³/mol. The monoisotopic (exact) mass is 290 g/mol. The van der Waals surface area contributed by atoms with E-state index in [1.807, 2.05) is 12.1 Å². The Morgan fingerprint density at radius 3 is 2.62 bits per heavy atom. The summed E-state index contributed by atoms with van der Waals surface area (Å²) < 4.78 is 5.51. The van der Waals surface area contributed by atoms with Gasteiger partial charge < -0.3 is 10.5 Å². The van der Waals surface area contributed by atoms with E-state index in [2.05, 4.69) is 30.9 Å². The normalized spacial score (nSPS) is 17.8. The molecular formula is C18H30N2O. The highest BCUT2D eigenvalue weighted by molar-refractivity contribution is 5.34. The van der Waals surface area contributed by atoms with Gasteiger partial charge >= 0.3 is 0 Å². The van der Waals surface area contributed by atoms with Gasteiger partial charge in [0.1, 0.15) is 5.75 Å². The second kappa shape index (κ2) is 7.28. The van der Waals surface area contributed by atoms with Crippen LogP contribution in [0.25, 0.3) is 0 Å². The lowest BCUT2D eigenvalue weighted by Crippen LogP contribution is -2.54. The summed E-state index contributed by atoms with van der Waals surface area (Å²) >= 11 is 0. The van der Waals surface area contributed by atoms with Gasteiger partial charge in [-0.1, -0.05) is 31.5 Å². The zero-order chi connectivity index (χ0) is 15.3. The molecule has 2 N–H and O–H groups in total. The van der Waals surface area contributed by atoms with Crippen LogP contribution < -0.4 is 10.5 Å². The number of para-hydroxylation sites is 1. The first-order chi connectivity index (χ1) is 10.1. The third kappa shape index (κ3) is 3.98. The van der Waals surface area contributed by atoms with Crippen molar-refractivity contribution in [3.8, 4) is 5.75 Å². The van der Waals surface area contributed by atoms with Crippen LogP contribution in [0.1, 0.15) is 45.1 Å². The van der Waals surface area contributed by atoms with Crippen LogP contribution in [0.15, 0.2) is 24.3 Å². The summed E-state index contributed by atoms with van der Waals surface area (Å²) in [6.45, 7) is 6.41. The van der Waals surface area contributed by atoms with Gasteiger partial charge in [0.05, 0.1) is 7.11 Å². The van der Waals surface area contributed by atoms with Crippen LogP contribution in [0.2, 0.25) is 0 Å². The Hall–Kier alpha value is -1.06. The number of methoxy groups -OCH3 is 1. The Morgan fingerprint density at radius 1 is 1.33 bits per heavy atom. The van der Waals surface area contributed by atoms with Gasteiger partial charge in [0.25, 0.3) is 0 Å². The molecule has 2 rings (SSSR count). The van der Waals surface area contributed by atoms with Crippen molar-refractivity contribution in [3.05, 3.63) is 29.8 Å². The van der Waals surface area contributed by atoms with E-state index in [4.69, 9.17) is 10.5 Å². The van der Waals surface area contributed by atoms with E-state index in [0.29, 0.717) is 6.54 Å². The molecule has 0 heterocycles. The lowest BCUT2D eigenvalue weighted by molar-refractivity contribution is 0.0979. The second-order valence-electron chi connectivity index (χ2n) is 6.47. The molecule has 3 heteroatoms. The highest BCUT2D eigenvalue weighted by Gasteiger charge is 2.40. The van der Waals surface area contributed by atoms with Gasteiger partial charge in [-0.05, 0) is 50.8 Å². The maximum atomic E-state index is 6.20. The molecule has 1 aliphatic carbocycles. The molecule has 1 aliphatic rings. The number of benzene rings is 1. The molecule has 3 nitrogen and oxygen atoms in total. The van der Waals surface area contributed by atoms with Crippen molar-refractivity contribution < 1.29 is 4.74 Å². The minimum Gasteiger partial charge on any atom is -0.496 e. The van der Waals surface area contributed by atoms with E-state index in [1.54, 1.807) is 7.11 Å². The van der Waals surface area contributed by atoms with Crippen LogP contribution in [-0.2, 0) is 6.42 Å². The molecule has 1 aromatic carbocycles. The second-order valence-corrected chi connectivity index (χ2v) is 6.47. The van der Waals surface area contributed by atoms with Crippen LogP contribution in [0.5, 0.6) is 5.75 Å². The third-order valence-electron chi connectivity index (χ3n) is 4.64. The number of nitrogens with zero attached hydrogens (tertiary/aromatic N) is 1. The minimum absolute atomic E-state index is 0.0188. The van der Waals surface area contributed by atoms with Gasteiger partial charge in [-0.2, -0.15) is 0 Å². The summed E-state index contributed by atoms with van der Waals surface area (Å²) in [5.41, 5.74) is 7.48. The van der Waals surface area contributed by atoms with E-state index in [9.17, 15) is 0 Å². The molecule has 21 heavy (non-hydrogen) atoms. The maximum absolute atomic E-state index is 6.20. The quantitative estimate of drug-likeness (QED) is 0.759. The largest absolute Gasteiger partial charge is 0.496 e. The van der Waals surface area contributed by atoms with Crippen molar-refractivity contribution in [1.82, 2.24) is 4.90 Å². The fourth-order valence-corrected chi connectivity index (χ4v) is 3.16. The van der Waals surface area contributed by atoms with E-state index in [0.717, 1.165) is 24.8 Å². The van der Waals surface area contributed by atoms with Gasteiger partial charge in [-0.3, -0.25) is 4.90 Å². The molecule has 0 spiro atoms. The van der Waals surface area contributed by atoms with Crippen LogP contribution in [-0.4, -0.2) is 36.7 Å². The number of hydrogen-bond donors (Lipinski definition) is 1. The fraction of sp³-hybridized carbons (Fsp3) is 0.667. The van der Waals surface area contributed by atoms with Crippen molar-refractivity contribution in [1.29, 1.82) is 0 Å². The number of ether oxygens (including phenoxy) is 1. The van der Waals surface area contributed by atoms with E-state index in [1.165, 1.54) is 31.2 Å². The Bertz CT molecular complexity index is 445. The van der Waals surface area contributed by atoms with Crippen LogP contribution in [0, 0.1) is 0 Å². The lowest BCUT2D eigenvalue weighted by Gasteiger charge is -2.41. The third-order valence-corrected chi connectivity index (χ3v) is 4.64. The summed E-state index contributed by atoms with van der Waals surface area (Å²) in [5.74, 6) is 0.975. The summed E-state index contributed by atoms with van der Waals surface area (Å²) in [7, 11) is 1.74. The molecular weight excluding hydrogens is 260 g/mol. The first kappa shape index (κ1) is 16.3. The Balaban J connectivity index is 2.18. The fourth-order valence-electron chi connectivity index (χ4n) is 3.16. The minimum atomic E-state index is 0.0188. The number of hydrogen-bond acceptors (Lipinski definition) is 3. The molecule has 0 radical (unpaired) electrons. The molecule has 118 valence electrons. The average molecular weight is 290 g/mol. The van der Waals surface area contributed by atoms with Gasteiger partial charge in [0, 0.05) is 18.1 Å². The van der Waals surface area contributed by atoms with Crippen molar-refractivity contribution in [3.63, 3.8) is 0 Å². The smallest absolute Gasteiger partial charge is 0.122 e. The number of nitrogens with two attached hydrogens (primary N) is 1. The molecule has 0 aromatic heterocycles. The van der Waals surface area contributed by atoms with Crippen LogP contribution in [0.3, 0.4) is 0 Å². The topological polar surface area (TPSA) is 38.5 Å². The summed E-state index contributed by atoms with van der Waals surface area (Å²) in [4.78, 5) is 2.66. The van der Waals surface area contributed by atoms with Gasteiger partial charge in [-0.15, -0.1) is 0 Å². The van der Waals surface area contributed by atoms with Crippen molar-refractivity contribution in [2.75, 3.05) is 20.2 Å². The highest BCUT2D eigenvalue weighted by Crippen LogP contribution is 2.35. The zero-order valence-electron chi connectivity index (χ0n) is 13.8. The molecule has 1 fully saturated rings. The summed E-state index contributed by atoms with van der Waals surface area (Å²) in [5, 5.41) is 0. The van der Waals surface area contributed by atoms with Crippen LogP contribution in [0.4, 0.5) is 0 Å². The van der Waals surface area contributed by atoms with E-state index >= 15 is 0 Å². The summed E-state index contributed by atoms with van der Waals surface area (Å²) in [6, 6.07) is 9.05. The molecule has 0 aliphatic heterocycles. The SMILES string of the molecule is CCCCN(C1CC1)C(C)(CN)Cc1ccccc1OC. The Morgan fingerprint density at radius 2 is 2.05 bits per heavy atom. The predicted octanol–water partition coefficient (Wildman–Crippen LogP) is 3.22. The molecule has 1 aromatic rings. The molecule has 1 unspecified atom stereocenters. The molecule has 0 bridgehead atoms. The summed E-state index contributed by atoms with van der Waals surface area (Å²) in [6.07, 6.45) is 6.08. The number of unbranched alkanes of at least 4 members (excludes halogenated alkanes) is 1. The molecule has 1 atom stereocenters. The first-order valence-electron chi connectivity index (χ1n) is 8.23. The van der Waals surface area contributed by atoms with Gasteiger partial charge in [-0.25, -0.2) is 0 Å². The number of rotatable bonds is 9. The molecule has 0 amide bonds. The van der Waals surface area contributed by atoms with Gasteiger partial charge in [0.2, 0.25) is 0 Å². The van der Waals surface area contributed by atoms with E-state index < -0.39 is 0 Å². The maximum Gasteiger partial charge on any atom is 0.122 e. The average Bonchev–Trinajstić information content (AvgIpc) is 3.33.